The summed E-state index contributed by atoms with van der Waals surface area (Å²) < 4.78 is 0. The van der Waals surface area contributed by atoms with Gasteiger partial charge in [-0.3, -0.25) is 5.32 Å². The second kappa shape index (κ2) is 4.11. The van der Waals surface area contributed by atoms with E-state index in [1.54, 1.807) is 0 Å². The number of nitrogens with one attached hydrogen (secondary N) is 2. The highest BCUT2D eigenvalue weighted by atomic mass is 15.0. The molecule has 0 amide bonds. The van der Waals surface area contributed by atoms with Crippen molar-refractivity contribution >= 4 is 0 Å². The zero-order chi connectivity index (χ0) is 8.86. The third-order valence-electron chi connectivity index (χ3n) is 2.20. The first-order chi connectivity index (χ1) is 5.83. The maximum atomic E-state index is 8.96. The van der Waals surface area contributed by atoms with Crippen LogP contribution in [0.25, 0.3) is 0 Å². The molecular weight excluding hydrogens is 150 g/mol. The molecule has 64 valence electrons. The summed E-state index contributed by atoms with van der Waals surface area (Å²) in [7, 11) is 0. The van der Waals surface area contributed by atoms with Crippen molar-refractivity contribution < 1.29 is 0 Å². The molecule has 0 atom stereocenters. The van der Waals surface area contributed by atoms with Crippen molar-refractivity contribution in [3.05, 3.63) is 0 Å². The van der Waals surface area contributed by atoms with E-state index in [9.17, 15) is 0 Å². The Bertz CT molecular complexity index is 215. The molecule has 0 aliphatic carbocycles. The van der Waals surface area contributed by atoms with Gasteiger partial charge in [0.05, 0.1) is 12.6 Å². The highest BCUT2D eigenvalue weighted by Crippen LogP contribution is 2.16. The summed E-state index contributed by atoms with van der Waals surface area (Å²) in [4.78, 5) is 0. The quantitative estimate of drug-likeness (QED) is 0.557. The third-order valence-corrected chi connectivity index (χ3v) is 2.20. The minimum absolute atomic E-state index is 0.377. The van der Waals surface area contributed by atoms with Gasteiger partial charge in [-0.1, -0.05) is 5.92 Å². The lowest BCUT2D eigenvalue weighted by Crippen LogP contribution is -2.51. The van der Waals surface area contributed by atoms with E-state index in [0.29, 0.717) is 6.54 Å². The lowest BCUT2D eigenvalue weighted by atomic mass is 9.90. The fourth-order valence-electron chi connectivity index (χ4n) is 1.40. The van der Waals surface area contributed by atoms with Crippen molar-refractivity contribution in [3.8, 4) is 18.4 Å². The van der Waals surface area contributed by atoms with Crippen LogP contribution in [0.3, 0.4) is 0 Å². The van der Waals surface area contributed by atoms with Gasteiger partial charge in [0.1, 0.15) is 5.54 Å². The van der Waals surface area contributed by atoms with Crippen molar-refractivity contribution in [2.45, 2.75) is 18.4 Å². The van der Waals surface area contributed by atoms with Crippen molar-refractivity contribution in [3.63, 3.8) is 0 Å². The average molecular weight is 163 g/mol. The second-order valence-corrected chi connectivity index (χ2v) is 3.00. The van der Waals surface area contributed by atoms with Gasteiger partial charge in [-0.25, -0.2) is 0 Å². The summed E-state index contributed by atoms with van der Waals surface area (Å²) in [6, 6.07) is 2.31. The Morgan fingerprint density at radius 2 is 2.17 bits per heavy atom. The normalized spacial score (nSPS) is 20.8. The van der Waals surface area contributed by atoms with Crippen molar-refractivity contribution in [1.29, 1.82) is 5.26 Å². The van der Waals surface area contributed by atoms with Crippen molar-refractivity contribution in [2.24, 2.45) is 0 Å². The molecule has 2 N–H and O–H groups in total. The first-order valence-electron chi connectivity index (χ1n) is 4.13. The van der Waals surface area contributed by atoms with Crippen LogP contribution in [0.1, 0.15) is 12.8 Å². The summed E-state index contributed by atoms with van der Waals surface area (Å²) in [5.41, 5.74) is -0.377. The molecule has 0 bridgehead atoms. The van der Waals surface area contributed by atoms with E-state index < -0.39 is 0 Å². The van der Waals surface area contributed by atoms with E-state index in [2.05, 4.69) is 22.6 Å². The molecule has 0 aromatic heterocycles. The van der Waals surface area contributed by atoms with Gasteiger partial charge in [-0.05, 0) is 25.9 Å². The van der Waals surface area contributed by atoms with E-state index >= 15 is 0 Å². The molecule has 0 radical (unpaired) electrons. The number of terminal acetylenes is 1. The molecule has 3 heteroatoms. The molecule has 1 fully saturated rings. The number of hydrogen-bond donors (Lipinski definition) is 2. The summed E-state index contributed by atoms with van der Waals surface area (Å²) in [6.45, 7) is 2.27. The Morgan fingerprint density at radius 3 is 2.67 bits per heavy atom. The van der Waals surface area contributed by atoms with E-state index in [1.165, 1.54) is 0 Å². The fourth-order valence-corrected chi connectivity index (χ4v) is 1.40. The Kier molecular flexibility index (Phi) is 3.10. The predicted octanol–water partition coefficient (Wildman–Crippen LogP) is -0.145. The summed E-state index contributed by atoms with van der Waals surface area (Å²) in [5, 5.41) is 15.3. The Labute approximate surface area is 73.1 Å². The van der Waals surface area contributed by atoms with Gasteiger partial charge in [0.25, 0.3) is 0 Å². The first kappa shape index (κ1) is 9.06. The van der Waals surface area contributed by atoms with Crippen molar-refractivity contribution in [2.75, 3.05) is 19.6 Å². The van der Waals surface area contributed by atoms with Crippen LogP contribution in [0, 0.1) is 23.7 Å². The lowest BCUT2D eigenvalue weighted by molar-refractivity contribution is 0.323. The molecule has 0 spiro atoms. The van der Waals surface area contributed by atoms with E-state index in [0.717, 1.165) is 25.9 Å². The predicted molar refractivity (Wildman–Crippen MR) is 47.3 cm³/mol. The summed E-state index contributed by atoms with van der Waals surface area (Å²) >= 11 is 0. The van der Waals surface area contributed by atoms with Gasteiger partial charge in [0.15, 0.2) is 0 Å². The SMILES string of the molecule is C#CCNC1(C#N)CCNCC1. The van der Waals surface area contributed by atoms with Crippen LogP contribution in [0.4, 0.5) is 0 Å². The molecule has 0 aromatic carbocycles. The van der Waals surface area contributed by atoms with Crippen LogP contribution in [0.15, 0.2) is 0 Å². The summed E-state index contributed by atoms with van der Waals surface area (Å²) in [6.07, 6.45) is 6.80. The Hall–Kier alpha value is -1.03. The van der Waals surface area contributed by atoms with Gasteiger partial charge >= 0.3 is 0 Å². The average Bonchev–Trinajstić information content (AvgIpc) is 2.16. The maximum Gasteiger partial charge on any atom is 0.109 e. The summed E-state index contributed by atoms with van der Waals surface area (Å²) in [5.74, 6) is 2.49. The zero-order valence-electron chi connectivity index (χ0n) is 7.06. The molecule has 12 heavy (non-hydrogen) atoms. The Balaban J connectivity index is 2.51. The molecular formula is C9H13N3. The zero-order valence-corrected chi connectivity index (χ0v) is 7.06. The standard InChI is InChI=1S/C9H13N3/c1-2-5-12-9(8-10)3-6-11-7-4-9/h1,11-12H,3-7H2. The molecule has 1 rings (SSSR count). The molecule has 3 nitrogen and oxygen atoms in total. The second-order valence-electron chi connectivity index (χ2n) is 3.00. The highest BCUT2D eigenvalue weighted by molar-refractivity contribution is 5.11. The van der Waals surface area contributed by atoms with Crippen LogP contribution < -0.4 is 10.6 Å². The Morgan fingerprint density at radius 1 is 1.50 bits per heavy atom. The van der Waals surface area contributed by atoms with Gasteiger partial charge in [0, 0.05) is 0 Å². The molecule has 0 saturated carbocycles. The topological polar surface area (TPSA) is 47.9 Å². The van der Waals surface area contributed by atoms with Crippen LogP contribution in [-0.4, -0.2) is 25.2 Å². The van der Waals surface area contributed by atoms with Gasteiger partial charge < -0.3 is 5.32 Å². The van der Waals surface area contributed by atoms with E-state index in [4.69, 9.17) is 11.7 Å². The van der Waals surface area contributed by atoms with Gasteiger partial charge in [-0.15, -0.1) is 6.42 Å². The molecule has 0 aromatic rings. The largest absolute Gasteiger partial charge is 0.317 e. The molecule has 1 aliphatic heterocycles. The molecule has 1 saturated heterocycles. The molecule has 1 aliphatic rings. The number of nitriles is 1. The van der Waals surface area contributed by atoms with Crippen LogP contribution >= 0.6 is 0 Å². The third kappa shape index (κ3) is 1.98. The van der Waals surface area contributed by atoms with E-state index in [-0.39, 0.29) is 5.54 Å². The molecule has 1 heterocycles. The minimum Gasteiger partial charge on any atom is -0.317 e. The van der Waals surface area contributed by atoms with Gasteiger partial charge in [-0.2, -0.15) is 5.26 Å². The van der Waals surface area contributed by atoms with Crippen LogP contribution in [0.5, 0.6) is 0 Å². The van der Waals surface area contributed by atoms with Crippen LogP contribution in [-0.2, 0) is 0 Å². The molecule has 0 unspecified atom stereocenters. The first-order valence-corrected chi connectivity index (χ1v) is 4.13. The van der Waals surface area contributed by atoms with Gasteiger partial charge in [0.2, 0.25) is 0 Å². The lowest BCUT2D eigenvalue weighted by Gasteiger charge is -2.31. The van der Waals surface area contributed by atoms with Crippen molar-refractivity contribution in [1.82, 2.24) is 10.6 Å². The number of hydrogen-bond acceptors (Lipinski definition) is 3. The van der Waals surface area contributed by atoms with Crippen LogP contribution in [0.2, 0.25) is 0 Å². The number of nitrogens with zero attached hydrogens (tertiary/aromatic N) is 1. The minimum atomic E-state index is -0.377. The fraction of sp³-hybridized carbons (Fsp3) is 0.667. The number of piperidine rings is 1. The smallest absolute Gasteiger partial charge is 0.109 e. The monoisotopic (exact) mass is 163 g/mol. The van der Waals surface area contributed by atoms with E-state index in [1.807, 2.05) is 0 Å². The highest BCUT2D eigenvalue weighted by Gasteiger charge is 2.30. The maximum absolute atomic E-state index is 8.96. The number of rotatable bonds is 2.